The fourth-order valence-electron chi connectivity index (χ4n) is 13.1. The summed E-state index contributed by atoms with van der Waals surface area (Å²) in [4.78, 5) is 0. The van der Waals surface area contributed by atoms with Crippen LogP contribution in [0.2, 0.25) is 0 Å². The monoisotopic (exact) mass is 918 g/mol. The van der Waals surface area contributed by atoms with E-state index in [-0.39, 0.29) is 10.8 Å². The van der Waals surface area contributed by atoms with Gasteiger partial charge in [-0.1, -0.05) is 241 Å². The van der Waals surface area contributed by atoms with Crippen molar-refractivity contribution in [3.8, 4) is 77.9 Å². The van der Waals surface area contributed by atoms with Crippen LogP contribution in [0.1, 0.15) is 62.4 Å². The first-order valence-electron chi connectivity index (χ1n) is 25.8. The van der Waals surface area contributed by atoms with Crippen molar-refractivity contribution >= 4 is 43.1 Å². The molecule has 2 aliphatic rings. The normalized spacial score (nSPS) is 13.9. The molecule has 72 heavy (non-hydrogen) atoms. The molecule has 0 amide bonds. The van der Waals surface area contributed by atoms with Gasteiger partial charge < -0.3 is 0 Å². The van der Waals surface area contributed by atoms with Gasteiger partial charge in [-0.15, -0.1) is 0 Å². The van der Waals surface area contributed by atoms with Crippen LogP contribution in [0.5, 0.6) is 0 Å². The quantitative estimate of drug-likeness (QED) is 0.146. The third-order valence-electron chi connectivity index (χ3n) is 16.9. The molecule has 0 nitrogen and oxygen atoms in total. The molecule has 342 valence electrons. The maximum absolute atomic E-state index is 2.52. The SMILES string of the molecule is CCc1ccc(-c2ccc(-c3c4ccccc4c(-c4c5ccccc5c(-c5ccc6c(c5)C(C)(C)c5cc(-c7ccc8c(c7)C(C)(C)c7ccccc7-8)ccc5-6)c5ccccc45)c4ccccc34)cc2)cc1. The molecule has 0 saturated heterocycles. The average molecular weight is 919 g/mol. The van der Waals surface area contributed by atoms with Crippen molar-refractivity contribution in [3.05, 3.63) is 252 Å². The van der Waals surface area contributed by atoms with E-state index in [0.717, 1.165) is 6.42 Å². The van der Waals surface area contributed by atoms with E-state index in [2.05, 4.69) is 259 Å². The lowest BCUT2D eigenvalue weighted by molar-refractivity contribution is 0.659. The van der Waals surface area contributed by atoms with Crippen LogP contribution in [-0.4, -0.2) is 0 Å². The van der Waals surface area contributed by atoms with Crippen molar-refractivity contribution in [2.45, 2.75) is 51.9 Å². The summed E-state index contributed by atoms with van der Waals surface area (Å²) in [6, 6.07) is 85.3. The van der Waals surface area contributed by atoms with Crippen LogP contribution in [0, 0.1) is 0 Å². The first kappa shape index (κ1) is 42.5. The molecule has 12 aromatic rings. The molecule has 0 N–H and O–H groups in total. The average Bonchev–Trinajstić information content (AvgIpc) is 3.80. The summed E-state index contributed by atoms with van der Waals surface area (Å²) < 4.78 is 0. The van der Waals surface area contributed by atoms with E-state index < -0.39 is 0 Å². The smallest absolute Gasteiger partial charge is 0.0159 e. The van der Waals surface area contributed by atoms with Gasteiger partial charge in [-0.25, -0.2) is 0 Å². The number of hydrogen-bond donors (Lipinski definition) is 0. The van der Waals surface area contributed by atoms with Gasteiger partial charge in [0.25, 0.3) is 0 Å². The molecule has 0 radical (unpaired) electrons. The second-order valence-corrected chi connectivity index (χ2v) is 21.4. The fourth-order valence-corrected chi connectivity index (χ4v) is 13.1. The third kappa shape index (κ3) is 6.18. The molecule has 0 spiro atoms. The van der Waals surface area contributed by atoms with Crippen LogP contribution in [0.3, 0.4) is 0 Å². The Morgan fingerprint density at radius 2 is 0.542 bits per heavy atom. The molecular formula is C72H54. The molecule has 12 aromatic carbocycles. The second kappa shape index (κ2) is 15.8. The predicted octanol–water partition coefficient (Wildman–Crippen LogP) is 19.8. The molecule has 0 bridgehead atoms. The van der Waals surface area contributed by atoms with E-state index in [1.54, 1.807) is 0 Å². The van der Waals surface area contributed by atoms with E-state index in [4.69, 9.17) is 0 Å². The Hall–Kier alpha value is -8.32. The zero-order valence-corrected chi connectivity index (χ0v) is 41.6. The van der Waals surface area contributed by atoms with E-state index in [1.165, 1.54) is 149 Å². The van der Waals surface area contributed by atoms with Gasteiger partial charge in [-0.05, 0) is 173 Å². The minimum absolute atomic E-state index is 0.0425. The molecule has 0 saturated carbocycles. The van der Waals surface area contributed by atoms with Gasteiger partial charge in [0.15, 0.2) is 0 Å². The molecule has 2 aliphatic carbocycles. The number of benzene rings is 12. The maximum Gasteiger partial charge on any atom is 0.0159 e. The zero-order valence-electron chi connectivity index (χ0n) is 41.6. The minimum Gasteiger partial charge on any atom is -0.0619 e. The molecule has 0 heterocycles. The molecule has 0 fully saturated rings. The highest BCUT2D eigenvalue weighted by atomic mass is 14.4. The van der Waals surface area contributed by atoms with Crippen LogP contribution in [0.15, 0.2) is 224 Å². The number of rotatable bonds is 6. The molecule has 0 aromatic heterocycles. The Bertz CT molecular complexity index is 4100. The summed E-state index contributed by atoms with van der Waals surface area (Å²) in [5, 5.41) is 10.1. The predicted molar refractivity (Wildman–Crippen MR) is 308 cm³/mol. The van der Waals surface area contributed by atoms with Crippen LogP contribution in [0.25, 0.3) is 121 Å². The van der Waals surface area contributed by atoms with Gasteiger partial charge in [-0.3, -0.25) is 0 Å². The molecular weight excluding hydrogens is 865 g/mol. The van der Waals surface area contributed by atoms with Crippen molar-refractivity contribution in [2.75, 3.05) is 0 Å². The minimum atomic E-state index is -0.200. The molecule has 0 aliphatic heterocycles. The largest absolute Gasteiger partial charge is 0.0619 e. The number of hydrogen-bond acceptors (Lipinski definition) is 0. The zero-order chi connectivity index (χ0) is 48.5. The summed E-state index contributed by atoms with van der Waals surface area (Å²) in [6.07, 6.45) is 1.04. The van der Waals surface area contributed by atoms with Crippen LogP contribution in [0.4, 0.5) is 0 Å². The summed E-state index contributed by atoms with van der Waals surface area (Å²) in [5.74, 6) is 0. The Morgan fingerprint density at radius 3 is 0.972 bits per heavy atom. The van der Waals surface area contributed by atoms with Crippen molar-refractivity contribution in [3.63, 3.8) is 0 Å². The first-order chi connectivity index (χ1) is 35.2. The number of aryl methyl sites for hydroxylation is 1. The van der Waals surface area contributed by atoms with Crippen molar-refractivity contribution in [1.29, 1.82) is 0 Å². The third-order valence-corrected chi connectivity index (χ3v) is 16.9. The van der Waals surface area contributed by atoms with Gasteiger partial charge >= 0.3 is 0 Å². The lowest BCUT2D eigenvalue weighted by atomic mass is 9.79. The highest BCUT2D eigenvalue weighted by Gasteiger charge is 2.38. The Morgan fingerprint density at radius 1 is 0.250 bits per heavy atom. The fraction of sp³-hybridized carbons (Fsp3) is 0.111. The van der Waals surface area contributed by atoms with Crippen LogP contribution >= 0.6 is 0 Å². The summed E-state index contributed by atoms with van der Waals surface area (Å²) >= 11 is 0. The van der Waals surface area contributed by atoms with Gasteiger partial charge in [0.1, 0.15) is 0 Å². The number of fused-ring (bicyclic) bond motifs is 10. The van der Waals surface area contributed by atoms with Crippen LogP contribution in [-0.2, 0) is 17.3 Å². The summed E-state index contributed by atoms with van der Waals surface area (Å²) in [7, 11) is 0. The maximum atomic E-state index is 2.52. The first-order valence-corrected chi connectivity index (χ1v) is 25.8. The topological polar surface area (TPSA) is 0 Å². The standard InChI is InChI=1S/C72H54/c1-6-44-27-29-45(30-28-44)46-31-33-47(34-32-46)67-55-18-7-11-22-59(55)69(60-23-12-8-19-56(60)67)70-61-24-13-9-20-57(61)68(58-21-10-14-25-62(58)70)50-37-40-54-53-39-36-49(42-65(53)72(4,5)66(54)43-50)48-35-38-52-51-17-15-16-26-63(51)71(2,3)64(52)41-48/h7-43H,6H2,1-5H3. The van der Waals surface area contributed by atoms with E-state index in [0.29, 0.717) is 0 Å². The molecule has 0 heteroatoms. The van der Waals surface area contributed by atoms with E-state index in [1.807, 2.05) is 0 Å². The molecule has 0 unspecified atom stereocenters. The lowest BCUT2D eigenvalue weighted by Gasteiger charge is -2.24. The molecule has 14 rings (SSSR count). The van der Waals surface area contributed by atoms with Crippen molar-refractivity contribution in [1.82, 2.24) is 0 Å². The Balaban J connectivity index is 0.908. The second-order valence-electron chi connectivity index (χ2n) is 21.4. The van der Waals surface area contributed by atoms with Gasteiger partial charge in [0.2, 0.25) is 0 Å². The van der Waals surface area contributed by atoms with Gasteiger partial charge in [0, 0.05) is 10.8 Å². The van der Waals surface area contributed by atoms with Gasteiger partial charge in [-0.2, -0.15) is 0 Å². The van der Waals surface area contributed by atoms with E-state index >= 15 is 0 Å². The van der Waals surface area contributed by atoms with Crippen LogP contribution < -0.4 is 0 Å². The summed E-state index contributed by atoms with van der Waals surface area (Å²) in [5.41, 5.74) is 24.8. The highest BCUT2D eigenvalue weighted by Crippen LogP contribution is 2.55. The lowest BCUT2D eigenvalue weighted by Crippen LogP contribution is -2.15. The molecule has 0 atom stereocenters. The van der Waals surface area contributed by atoms with Crippen molar-refractivity contribution in [2.24, 2.45) is 0 Å². The Kier molecular flexibility index (Phi) is 9.36. The summed E-state index contributed by atoms with van der Waals surface area (Å²) in [6.45, 7) is 11.8. The Labute approximate surface area is 422 Å². The van der Waals surface area contributed by atoms with E-state index in [9.17, 15) is 0 Å². The van der Waals surface area contributed by atoms with Crippen molar-refractivity contribution < 1.29 is 0 Å². The highest BCUT2D eigenvalue weighted by molar-refractivity contribution is 6.30. The van der Waals surface area contributed by atoms with Gasteiger partial charge in [0.05, 0.1) is 0 Å².